The average Bonchev–Trinajstić information content (AvgIpc) is 2.87. The fourth-order valence-electron chi connectivity index (χ4n) is 1.88. The second-order valence-corrected chi connectivity index (χ2v) is 5.36. The number of urea groups is 1. The minimum Gasteiger partial charge on any atom is -0.463 e. The number of hydrogen-bond donors (Lipinski definition) is 3. The summed E-state index contributed by atoms with van der Waals surface area (Å²) in [5.74, 6) is 1.14. The summed E-state index contributed by atoms with van der Waals surface area (Å²) >= 11 is 0. The van der Waals surface area contributed by atoms with Crippen LogP contribution in [0.5, 0.6) is 0 Å². The summed E-state index contributed by atoms with van der Waals surface area (Å²) < 4.78 is 5.39. The monoisotopic (exact) mass is 288 g/mol. The SMILES string of the molecule is Cc1ccc(NC(=O)NCC(C)(O)c2ccc(C)o2)cc1. The maximum atomic E-state index is 11.8. The van der Waals surface area contributed by atoms with Gasteiger partial charge in [-0.05, 0) is 45.0 Å². The lowest BCUT2D eigenvalue weighted by Crippen LogP contribution is -2.40. The zero-order chi connectivity index (χ0) is 15.5. The van der Waals surface area contributed by atoms with Gasteiger partial charge in [-0.3, -0.25) is 0 Å². The van der Waals surface area contributed by atoms with E-state index in [1.165, 1.54) is 0 Å². The van der Waals surface area contributed by atoms with Gasteiger partial charge in [0.25, 0.3) is 0 Å². The van der Waals surface area contributed by atoms with Crippen molar-refractivity contribution in [3.8, 4) is 0 Å². The lowest BCUT2D eigenvalue weighted by molar-refractivity contribution is 0.0364. The third-order valence-corrected chi connectivity index (χ3v) is 3.17. The van der Waals surface area contributed by atoms with Crippen LogP contribution < -0.4 is 10.6 Å². The van der Waals surface area contributed by atoms with Crippen molar-refractivity contribution in [1.29, 1.82) is 0 Å². The predicted molar refractivity (Wildman–Crippen MR) is 81.2 cm³/mol. The molecule has 1 unspecified atom stereocenters. The quantitative estimate of drug-likeness (QED) is 0.809. The van der Waals surface area contributed by atoms with Gasteiger partial charge in [-0.15, -0.1) is 0 Å². The molecule has 0 spiro atoms. The molecule has 0 saturated carbocycles. The van der Waals surface area contributed by atoms with E-state index in [9.17, 15) is 9.90 Å². The Balaban J connectivity index is 1.90. The fraction of sp³-hybridized carbons (Fsp3) is 0.312. The molecule has 1 aromatic heterocycles. The van der Waals surface area contributed by atoms with Crippen molar-refractivity contribution in [1.82, 2.24) is 5.32 Å². The Morgan fingerprint density at radius 1 is 1.19 bits per heavy atom. The number of nitrogens with one attached hydrogen (secondary N) is 2. The Kier molecular flexibility index (Phi) is 4.33. The zero-order valence-electron chi connectivity index (χ0n) is 12.4. The van der Waals surface area contributed by atoms with Gasteiger partial charge in [-0.1, -0.05) is 17.7 Å². The molecule has 0 saturated heterocycles. The van der Waals surface area contributed by atoms with E-state index in [2.05, 4.69) is 10.6 Å². The van der Waals surface area contributed by atoms with Gasteiger partial charge in [0.2, 0.25) is 0 Å². The number of rotatable bonds is 4. The maximum absolute atomic E-state index is 11.8. The Morgan fingerprint density at radius 3 is 2.43 bits per heavy atom. The molecule has 1 heterocycles. The Hall–Kier alpha value is -2.27. The van der Waals surface area contributed by atoms with Gasteiger partial charge < -0.3 is 20.2 Å². The summed E-state index contributed by atoms with van der Waals surface area (Å²) in [6.45, 7) is 5.43. The number of benzene rings is 1. The van der Waals surface area contributed by atoms with Crippen LogP contribution in [0.2, 0.25) is 0 Å². The highest BCUT2D eigenvalue weighted by atomic mass is 16.4. The normalized spacial score (nSPS) is 13.5. The van der Waals surface area contributed by atoms with Gasteiger partial charge in [0.05, 0.1) is 6.54 Å². The van der Waals surface area contributed by atoms with Crippen LogP contribution in [0, 0.1) is 13.8 Å². The zero-order valence-corrected chi connectivity index (χ0v) is 12.4. The number of aryl methyl sites for hydroxylation is 2. The number of carbonyl (C=O) groups excluding carboxylic acids is 1. The number of aliphatic hydroxyl groups is 1. The van der Waals surface area contributed by atoms with E-state index >= 15 is 0 Å². The van der Waals surface area contributed by atoms with Crippen LogP contribution in [-0.4, -0.2) is 17.7 Å². The molecule has 2 rings (SSSR count). The van der Waals surface area contributed by atoms with Crippen molar-refractivity contribution in [3.63, 3.8) is 0 Å². The van der Waals surface area contributed by atoms with Crippen molar-refractivity contribution < 1.29 is 14.3 Å². The van der Waals surface area contributed by atoms with E-state index < -0.39 is 5.60 Å². The molecule has 5 nitrogen and oxygen atoms in total. The molecule has 0 aliphatic rings. The van der Waals surface area contributed by atoms with Gasteiger partial charge in [0.15, 0.2) is 0 Å². The second-order valence-electron chi connectivity index (χ2n) is 5.36. The number of furan rings is 1. The first-order chi connectivity index (χ1) is 9.87. The highest BCUT2D eigenvalue weighted by Gasteiger charge is 2.27. The molecule has 0 radical (unpaired) electrons. The van der Waals surface area contributed by atoms with Crippen LogP contribution in [0.4, 0.5) is 10.5 Å². The molecule has 0 bridgehead atoms. The maximum Gasteiger partial charge on any atom is 0.319 e. The van der Waals surface area contributed by atoms with Crippen LogP contribution in [0.1, 0.15) is 24.0 Å². The lowest BCUT2D eigenvalue weighted by Gasteiger charge is -2.21. The van der Waals surface area contributed by atoms with Crippen molar-refractivity contribution in [3.05, 3.63) is 53.5 Å². The molecule has 2 amide bonds. The van der Waals surface area contributed by atoms with Crippen LogP contribution in [0.15, 0.2) is 40.8 Å². The van der Waals surface area contributed by atoms with Gasteiger partial charge in [-0.2, -0.15) is 0 Å². The third-order valence-electron chi connectivity index (χ3n) is 3.17. The number of carbonyl (C=O) groups is 1. The summed E-state index contributed by atoms with van der Waals surface area (Å²) in [7, 11) is 0. The molecular weight excluding hydrogens is 268 g/mol. The first-order valence-electron chi connectivity index (χ1n) is 6.78. The number of hydrogen-bond acceptors (Lipinski definition) is 3. The fourth-order valence-corrected chi connectivity index (χ4v) is 1.88. The van der Waals surface area contributed by atoms with E-state index in [1.807, 2.05) is 31.2 Å². The first kappa shape index (κ1) is 15.1. The van der Waals surface area contributed by atoms with Crippen molar-refractivity contribution in [2.45, 2.75) is 26.4 Å². The Morgan fingerprint density at radius 2 is 1.86 bits per heavy atom. The summed E-state index contributed by atoms with van der Waals surface area (Å²) in [6, 6.07) is 10.6. The second kappa shape index (κ2) is 6.01. The Labute approximate surface area is 124 Å². The molecule has 1 atom stereocenters. The molecule has 1 aromatic carbocycles. The first-order valence-corrected chi connectivity index (χ1v) is 6.78. The van der Waals surface area contributed by atoms with Crippen LogP contribution in [0.3, 0.4) is 0 Å². The van der Waals surface area contributed by atoms with Crippen molar-refractivity contribution in [2.75, 3.05) is 11.9 Å². The molecule has 0 aliphatic heterocycles. The number of amides is 2. The lowest BCUT2D eigenvalue weighted by atomic mass is 10.0. The summed E-state index contributed by atoms with van der Waals surface area (Å²) in [4.78, 5) is 11.8. The molecule has 5 heteroatoms. The summed E-state index contributed by atoms with van der Waals surface area (Å²) in [6.07, 6.45) is 0. The summed E-state index contributed by atoms with van der Waals surface area (Å²) in [5, 5.41) is 15.7. The highest BCUT2D eigenvalue weighted by Crippen LogP contribution is 2.21. The van der Waals surface area contributed by atoms with E-state index in [1.54, 1.807) is 26.0 Å². The van der Waals surface area contributed by atoms with E-state index in [0.29, 0.717) is 11.4 Å². The Bertz CT molecular complexity index is 615. The molecule has 0 aliphatic carbocycles. The summed E-state index contributed by atoms with van der Waals surface area (Å²) in [5.41, 5.74) is 0.572. The minimum atomic E-state index is -1.25. The average molecular weight is 288 g/mol. The van der Waals surface area contributed by atoms with E-state index in [0.717, 1.165) is 11.3 Å². The highest BCUT2D eigenvalue weighted by molar-refractivity contribution is 5.89. The standard InChI is InChI=1S/C16H20N2O3/c1-11-4-7-13(8-5-11)18-15(19)17-10-16(3,20)14-9-6-12(2)21-14/h4-9,20H,10H2,1-3H3,(H2,17,18,19). The largest absolute Gasteiger partial charge is 0.463 e. The molecule has 2 aromatic rings. The predicted octanol–water partition coefficient (Wildman–Crippen LogP) is 2.93. The third kappa shape index (κ3) is 4.10. The molecule has 21 heavy (non-hydrogen) atoms. The van der Waals surface area contributed by atoms with E-state index in [-0.39, 0.29) is 12.6 Å². The molecule has 112 valence electrons. The van der Waals surface area contributed by atoms with Crippen molar-refractivity contribution in [2.24, 2.45) is 0 Å². The van der Waals surface area contributed by atoms with Gasteiger partial charge in [-0.25, -0.2) is 4.79 Å². The molecule has 3 N–H and O–H groups in total. The van der Waals surface area contributed by atoms with Crippen LogP contribution in [0.25, 0.3) is 0 Å². The number of anilines is 1. The van der Waals surface area contributed by atoms with Crippen LogP contribution in [-0.2, 0) is 5.60 Å². The topological polar surface area (TPSA) is 74.5 Å². The molecule has 0 fully saturated rings. The van der Waals surface area contributed by atoms with Crippen LogP contribution >= 0.6 is 0 Å². The van der Waals surface area contributed by atoms with E-state index in [4.69, 9.17) is 4.42 Å². The molecular formula is C16H20N2O3. The van der Waals surface area contributed by atoms with Gasteiger partial charge in [0, 0.05) is 5.69 Å². The minimum absolute atomic E-state index is 0.0532. The van der Waals surface area contributed by atoms with Crippen molar-refractivity contribution >= 4 is 11.7 Å². The van der Waals surface area contributed by atoms with Gasteiger partial charge >= 0.3 is 6.03 Å². The smallest absolute Gasteiger partial charge is 0.319 e. The van der Waals surface area contributed by atoms with Gasteiger partial charge in [0.1, 0.15) is 17.1 Å².